The van der Waals surface area contributed by atoms with E-state index in [2.05, 4.69) is 10.3 Å². The number of hydrogen-bond donors (Lipinski definition) is 1. The van der Waals surface area contributed by atoms with Crippen LogP contribution in [0, 0.1) is 5.92 Å². The molecule has 1 fully saturated rings. The molecular weight excluding hydrogens is 230 g/mol. The van der Waals surface area contributed by atoms with E-state index in [0.29, 0.717) is 6.54 Å². The van der Waals surface area contributed by atoms with Gasteiger partial charge in [0, 0.05) is 32.3 Å². The molecule has 1 aromatic heterocycles. The Kier molecular flexibility index (Phi) is 3.43. The number of nitrogens with zero attached hydrogens (tertiary/aromatic N) is 2. The lowest BCUT2D eigenvalue weighted by atomic mass is 9.93. The Morgan fingerprint density at radius 3 is 2.78 bits per heavy atom. The first-order valence-corrected chi connectivity index (χ1v) is 6.28. The molecule has 0 spiro atoms. The van der Waals surface area contributed by atoms with E-state index in [1.807, 2.05) is 38.6 Å². The van der Waals surface area contributed by atoms with Crippen molar-refractivity contribution in [3.63, 3.8) is 0 Å². The Labute approximate surface area is 108 Å². The number of hydrogen-bond acceptors (Lipinski definition) is 4. The number of imidazole rings is 1. The highest BCUT2D eigenvalue weighted by molar-refractivity contribution is 5.75. The van der Waals surface area contributed by atoms with E-state index in [1.54, 1.807) is 6.33 Å². The highest BCUT2D eigenvalue weighted by atomic mass is 16.6. The summed E-state index contributed by atoms with van der Waals surface area (Å²) in [6.45, 7) is 7.12. The number of carbonyl (C=O) groups excluding carboxylic acids is 1. The van der Waals surface area contributed by atoms with Crippen LogP contribution in [0.1, 0.15) is 32.4 Å². The summed E-state index contributed by atoms with van der Waals surface area (Å²) in [6, 6.07) is 0. The zero-order valence-electron chi connectivity index (χ0n) is 11.4. The first-order valence-electron chi connectivity index (χ1n) is 6.28. The Balaban J connectivity index is 2.10. The third kappa shape index (κ3) is 2.90. The van der Waals surface area contributed by atoms with Gasteiger partial charge in [0.15, 0.2) is 0 Å². The normalized spacial score (nSPS) is 24.2. The van der Waals surface area contributed by atoms with E-state index in [4.69, 9.17) is 4.74 Å². The predicted molar refractivity (Wildman–Crippen MR) is 68.2 cm³/mol. The van der Waals surface area contributed by atoms with E-state index >= 15 is 0 Å². The maximum Gasteiger partial charge on any atom is 0.311 e. The molecule has 2 rings (SSSR count). The maximum absolute atomic E-state index is 12.2. The average molecular weight is 251 g/mol. The second kappa shape index (κ2) is 4.72. The van der Waals surface area contributed by atoms with Crippen molar-refractivity contribution in [1.82, 2.24) is 14.9 Å². The fraction of sp³-hybridized carbons (Fsp3) is 0.692. The lowest BCUT2D eigenvalue weighted by Crippen LogP contribution is -2.31. The highest BCUT2D eigenvalue weighted by Crippen LogP contribution is 2.29. The molecule has 0 aliphatic carbocycles. The third-order valence-electron chi connectivity index (χ3n) is 3.03. The number of nitrogens with one attached hydrogen (secondary N) is 1. The molecule has 2 heterocycles. The smallest absolute Gasteiger partial charge is 0.311 e. The van der Waals surface area contributed by atoms with Gasteiger partial charge in [-0.15, -0.1) is 0 Å². The van der Waals surface area contributed by atoms with Gasteiger partial charge in [0.1, 0.15) is 5.60 Å². The van der Waals surface area contributed by atoms with Crippen LogP contribution >= 0.6 is 0 Å². The summed E-state index contributed by atoms with van der Waals surface area (Å²) in [6.07, 6.45) is 3.73. The fourth-order valence-electron chi connectivity index (χ4n) is 2.24. The second-order valence-corrected chi connectivity index (χ2v) is 5.87. The van der Waals surface area contributed by atoms with Crippen molar-refractivity contribution in [3.8, 4) is 0 Å². The molecule has 0 aromatic carbocycles. The number of aromatic nitrogens is 2. The predicted octanol–water partition coefficient (Wildman–Crippen LogP) is 1.06. The molecule has 2 atom stereocenters. The van der Waals surface area contributed by atoms with Crippen LogP contribution in [-0.4, -0.2) is 34.2 Å². The van der Waals surface area contributed by atoms with Crippen LogP contribution in [0.25, 0.3) is 0 Å². The molecule has 0 unspecified atom stereocenters. The summed E-state index contributed by atoms with van der Waals surface area (Å²) in [5.41, 5.74) is 0.521. The van der Waals surface area contributed by atoms with Crippen LogP contribution in [0.4, 0.5) is 0 Å². The second-order valence-electron chi connectivity index (χ2n) is 5.87. The summed E-state index contributed by atoms with van der Waals surface area (Å²) in [5.74, 6) is -0.164. The minimum absolute atomic E-state index is 0.112. The topological polar surface area (TPSA) is 56.2 Å². The minimum Gasteiger partial charge on any atom is -0.460 e. The fourth-order valence-corrected chi connectivity index (χ4v) is 2.24. The number of aryl methyl sites for hydroxylation is 1. The molecule has 1 N–H and O–H groups in total. The van der Waals surface area contributed by atoms with Crippen molar-refractivity contribution in [1.29, 1.82) is 0 Å². The van der Waals surface area contributed by atoms with Crippen LogP contribution in [0.5, 0.6) is 0 Å². The van der Waals surface area contributed by atoms with E-state index in [-0.39, 0.29) is 17.8 Å². The molecule has 5 heteroatoms. The lowest BCUT2D eigenvalue weighted by molar-refractivity contribution is -0.159. The van der Waals surface area contributed by atoms with Crippen molar-refractivity contribution in [2.75, 3.05) is 13.1 Å². The third-order valence-corrected chi connectivity index (χ3v) is 3.03. The van der Waals surface area contributed by atoms with Gasteiger partial charge in [-0.25, -0.2) is 4.98 Å². The Hall–Kier alpha value is -1.36. The summed E-state index contributed by atoms with van der Waals surface area (Å²) in [4.78, 5) is 16.5. The molecule has 0 bridgehead atoms. The number of ether oxygens (including phenoxy) is 1. The Bertz CT molecular complexity index is 434. The van der Waals surface area contributed by atoms with Crippen LogP contribution in [-0.2, 0) is 16.6 Å². The average Bonchev–Trinajstić information content (AvgIpc) is 2.81. The van der Waals surface area contributed by atoms with Gasteiger partial charge in [0.05, 0.1) is 17.9 Å². The molecule has 1 aliphatic rings. The summed E-state index contributed by atoms with van der Waals surface area (Å²) in [7, 11) is 1.93. The molecule has 0 radical (unpaired) electrons. The molecule has 0 amide bonds. The Morgan fingerprint density at radius 2 is 2.22 bits per heavy atom. The molecule has 1 saturated heterocycles. The molecule has 5 nitrogen and oxygen atoms in total. The standard InChI is InChI=1S/C13H21N3O2/c1-13(2,3)18-12(17)10-6-14-5-9(10)11-7-16(4)8-15-11/h7-10,14H,5-6H2,1-4H3/t9-,10-/m1/s1. The molecule has 1 aromatic rings. The van der Waals surface area contributed by atoms with Crippen molar-refractivity contribution in [2.24, 2.45) is 13.0 Å². The van der Waals surface area contributed by atoms with Crippen molar-refractivity contribution in [2.45, 2.75) is 32.3 Å². The monoisotopic (exact) mass is 251 g/mol. The zero-order chi connectivity index (χ0) is 13.3. The molecule has 18 heavy (non-hydrogen) atoms. The lowest BCUT2D eigenvalue weighted by Gasteiger charge is -2.23. The Morgan fingerprint density at radius 1 is 1.50 bits per heavy atom. The van der Waals surface area contributed by atoms with Gasteiger partial charge in [0.25, 0.3) is 0 Å². The van der Waals surface area contributed by atoms with Crippen LogP contribution in [0.3, 0.4) is 0 Å². The van der Waals surface area contributed by atoms with Crippen molar-refractivity contribution < 1.29 is 9.53 Å². The van der Waals surface area contributed by atoms with Gasteiger partial charge in [-0.05, 0) is 20.8 Å². The highest BCUT2D eigenvalue weighted by Gasteiger charge is 2.37. The first-order chi connectivity index (χ1) is 8.37. The van der Waals surface area contributed by atoms with Crippen molar-refractivity contribution in [3.05, 3.63) is 18.2 Å². The zero-order valence-corrected chi connectivity index (χ0v) is 11.4. The molecule has 0 saturated carbocycles. The van der Waals surface area contributed by atoms with E-state index in [0.717, 1.165) is 12.2 Å². The van der Waals surface area contributed by atoms with E-state index in [1.165, 1.54) is 0 Å². The van der Waals surface area contributed by atoms with Gasteiger partial charge in [-0.3, -0.25) is 4.79 Å². The first kappa shape index (κ1) is 13.1. The minimum atomic E-state index is -0.436. The number of carbonyl (C=O) groups is 1. The van der Waals surface area contributed by atoms with Crippen LogP contribution in [0.15, 0.2) is 12.5 Å². The SMILES string of the molecule is Cn1cnc([C@@H]2CNC[C@H]2C(=O)OC(C)(C)C)c1. The quantitative estimate of drug-likeness (QED) is 0.799. The molecule has 1 aliphatic heterocycles. The summed E-state index contributed by atoms with van der Waals surface area (Å²) >= 11 is 0. The van der Waals surface area contributed by atoms with E-state index in [9.17, 15) is 4.79 Å². The van der Waals surface area contributed by atoms with Crippen LogP contribution in [0.2, 0.25) is 0 Å². The molecular formula is C13H21N3O2. The van der Waals surface area contributed by atoms with E-state index < -0.39 is 5.60 Å². The maximum atomic E-state index is 12.2. The van der Waals surface area contributed by atoms with Gasteiger partial charge in [-0.1, -0.05) is 0 Å². The van der Waals surface area contributed by atoms with Gasteiger partial charge < -0.3 is 14.6 Å². The largest absolute Gasteiger partial charge is 0.460 e. The summed E-state index contributed by atoms with van der Waals surface area (Å²) < 4.78 is 7.37. The van der Waals surface area contributed by atoms with Crippen molar-refractivity contribution >= 4 is 5.97 Å². The van der Waals surface area contributed by atoms with Crippen LogP contribution < -0.4 is 5.32 Å². The molecule has 100 valence electrons. The van der Waals surface area contributed by atoms with Gasteiger partial charge in [0.2, 0.25) is 0 Å². The van der Waals surface area contributed by atoms with Gasteiger partial charge >= 0.3 is 5.97 Å². The summed E-state index contributed by atoms with van der Waals surface area (Å²) in [5, 5.41) is 3.25. The number of rotatable bonds is 2. The van der Waals surface area contributed by atoms with Gasteiger partial charge in [-0.2, -0.15) is 0 Å². The number of esters is 1.